The molecule has 0 saturated heterocycles. The zero-order chi connectivity index (χ0) is 18.9. The normalized spacial score (nSPS) is 13.1. The van der Waals surface area contributed by atoms with Crippen LogP contribution < -0.4 is 5.32 Å². The molecule has 2 aromatic carbocycles. The van der Waals surface area contributed by atoms with Crippen molar-refractivity contribution in [1.29, 1.82) is 0 Å². The van der Waals surface area contributed by atoms with Gasteiger partial charge in [-0.25, -0.2) is 4.99 Å². The van der Waals surface area contributed by atoms with Gasteiger partial charge >= 0.3 is 0 Å². The first kappa shape index (κ1) is 16.3. The van der Waals surface area contributed by atoms with Gasteiger partial charge in [0.1, 0.15) is 11.4 Å². The Bertz CT molecular complexity index is 1290. The van der Waals surface area contributed by atoms with Crippen LogP contribution in [0.3, 0.4) is 0 Å². The van der Waals surface area contributed by atoms with Crippen molar-refractivity contribution in [3.8, 4) is 11.1 Å². The fourth-order valence-corrected chi connectivity index (χ4v) is 3.43. The lowest BCUT2D eigenvalue weighted by Crippen LogP contribution is -2.29. The number of rotatable bonds is 2. The highest BCUT2D eigenvalue weighted by Gasteiger charge is 2.18. The summed E-state index contributed by atoms with van der Waals surface area (Å²) in [5.41, 5.74) is 3.54. The maximum Gasteiger partial charge on any atom is 0.258 e. The molecule has 1 N–H and O–H groups in total. The highest BCUT2D eigenvalue weighted by Crippen LogP contribution is 2.32. The van der Waals surface area contributed by atoms with Gasteiger partial charge in [-0.1, -0.05) is 36.4 Å². The molecule has 2 aromatic heterocycles. The molecule has 134 valence electrons. The Morgan fingerprint density at radius 1 is 0.929 bits per heavy atom. The van der Waals surface area contributed by atoms with E-state index in [4.69, 9.17) is 0 Å². The fraction of sp³-hybridized carbons (Fsp3) is 0.0455. The molecule has 0 unspecified atom stereocenters. The number of amidine groups is 1. The molecule has 0 bridgehead atoms. The minimum absolute atomic E-state index is 0.240. The van der Waals surface area contributed by atoms with E-state index in [0.717, 1.165) is 21.9 Å². The Balaban J connectivity index is 1.67. The van der Waals surface area contributed by atoms with Crippen molar-refractivity contribution >= 4 is 33.5 Å². The first-order valence-corrected chi connectivity index (χ1v) is 8.91. The van der Waals surface area contributed by atoms with Gasteiger partial charge in [0, 0.05) is 53.9 Å². The summed E-state index contributed by atoms with van der Waals surface area (Å²) >= 11 is 0. The van der Waals surface area contributed by atoms with Crippen LogP contribution in [0.1, 0.15) is 16.8 Å². The van der Waals surface area contributed by atoms with E-state index in [-0.39, 0.29) is 5.91 Å². The number of carbonyl (C=O) groups excluding carboxylic acids is 1. The van der Waals surface area contributed by atoms with Crippen molar-refractivity contribution in [2.24, 2.45) is 4.99 Å². The number of fused-ring (bicyclic) bond motifs is 2. The van der Waals surface area contributed by atoms with Crippen LogP contribution >= 0.6 is 0 Å². The standard InChI is InChI=1S/C22H15N5O/c28-22(27-19-6-3-9-24-19)17-8-7-16(20-21(17)26-11-10-25-20)18-13-23-12-14-4-1-2-5-15(14)18/h1-5,7-13H,6H2,(H,24,27,28). The molecule has 1 amide bonds. The molecule has 6 heteroatoms. The maximum atomic E-state index is 12.8. The van der Waals surface area contributed by atoms with Crippen molar-refractivity contribution < 1.29 is 4.79 Å². The summed E-state index contributed by atoms with van der Waals surface area (Å²) in [5.74, 6) is 0.389. The topological polar surface area (TPSA) is 80.1 Å². The van der Waals surface area contributed by atoms with Gasteiger partial charge in [-0.05, 0) is 11.5 Å². The van der Waals surface area contributed by atoms with Crippen LogP contribution in [-0.4, -0.2) is 26.7 Å². The number of nitrogens with one attached hydrogen (secondary N) is 1. The largest absolute Gasteiger partial charge is 0.310 e. The zero-order valence-corrected chi connectivity index (χ0v) is 14.8. The molecule has 0 radical (unpaired) electrons. The summed E-state index contributed by atoms with van der Waals surface area (Å²) in [7, 11) is 0. The van der Waals surface area contributed by atoms with Crippen LogP contribution in [0.4, 0.5) is 0 Å². The molecule has 0 atom stereocenters. The summed E-state index contributed by atoms with van der Waals surface area (Å²) in [6.45, 7) is 0. The van der Waals surface area contributed by atoms with E-state index in [9.17, 15) is 4.79 Å². The van der Waals surface area contributed by atoms with Gasteiger partial charge in [-0.3, -0.25) is 19.7 Å². The summed E-state index contributed by atoms with van der Waals surface area (Å²) in [6.07, 6.45) is 11.1. The van der Waals surface area contributed by atoms with Crippen molar-refractivity contribution in [2.75, 3.05) is 0 Å². The number of nitrogens with zero attached hydrogens (tertiary/aromatic N) is 4. The first-order chi connectivity index (χ1) is 13.8. The van der Waals surface area contributed by atoms with Crippen LogP contribution in [0, 0.1) is 0 Å². The fourth-order valence-electron chi connectivity index (χ4n) is 3.43. The van der Waals surface area contributed by atoms with Gasteiger partial charge in [0.2, 0.25) is 0 Å². The molecule has 5 rings (SSSR count). The molecular formula is C22H15N5O. The van der Waals surface area contributed by atoms with Crippen molar-refractivity contribution in [3.63, 3.8) is 0 Å². The van der Waals surface area contributed by atoms with Gasteiger partial charge in [-0.2, -0.15) is 0 Å². The first-order valence-electron chi connectivity index (χ1n) is 8.91. The summed E-state index contributed by atoms with van der Waals surface area (Å²) < 4.78 is 0. The van der Waals surface area contributed by atoms with Crippen LogP contribution in [0.25, 0.3) is 32.9 Å². The SMILES string of the molecule is O=C(NC1=NC=CC1)c1ccc(-c2cncc3ccccc23)c2nccnc12. The molecule has 4 aromatic rings. The molecule has 1 aliphatic rings. The molecule has 3 heterocycles. The summed E-state index contributed by atoms with van der Waals surface area (Å²) in [5, 5.41) is 4.97. The molecule has 1 aliphatic heterocycles. The van der Waals surface area contributed by atoms with Crippen molar-refractivity contribution in [3.05, 3.63) is 79.0 Å². The number of pyridine rings is 1. The third kappa shape index (κ3) is 2.72. The lowest BCUT2D eigenvalue weighted by atomic mass is 9.97. The molecule has 6 nitrogen and oxygen atoms in total. The average Bonchev–Trinajstić information content (AvgIpc) is 3.25. The van der Waals surface area contributed by atoms with E-state index in [0.29, 0.717) is 28.9 Å². The minimum Gasteiger partial charge on any atom is -0.310 e. The highest BCUT2D eigenvalue weighted by molar-refractivity contribution is 6.15. The third-order valence-corrected chi connectivity index (χ3v) is 4.73. The van der Waals surface area contributed by atoms with Gasteiger partial charge in [0.15, 0.2) is 0 Å². The number of hydrogen-bond acceptors (Lipinski definition) is 5. The number of aliphatic imine (C=N–C) groups is 1. The zero-order valence-electron chi connectivity index (χ0n) is 14.8. The van der Waals surface area contributed by atoms with Crippen LogP contribution in [0.2, 0.25) is 0 Å². The minimum atomic E-state index is -0.240. The molecule has 28 heavy (non-hydrogen) atoms. The van der Waals surface area contributed by atoms with Crippen molar-refractivity contribution in [2.45, 2.75) is 6.42 Å². The highest BCUT2D eigenvalue weighted by atomic mass is 16.1. The maximum absolute atomic E-state index is 12.8. The predicted octanol–water partition coefficient (Wildman–Crippen LogP) is 3.89. The second kappa shape index (κ2) is 6.66. The number of amides is 1. The van der Waals surface area contributed by atoms with E-state index in [2.05, 4.69) is 31.3 Å². The molecule has 0 fully saturated rings. The summed E-state index contributed by atoms with van der Waals surface area (Å²) in [4.78, 5) is 30.3. The predicted molar refractivity (Wildman–Crippen MR) is 109 cm³/mol. The van der Waals surface area contributed by atoms with Gasteiger partial charge < -0.3 is 5.32 Å². The van der Waals surface area contributed by atoms with E-state index in [1.54, 1.807) is 24.7 Å². The average molecular weight is 365 g/mol. The Kier molecular flexibility index (Phi) is 3.87. The number of aromatic nitrogens is 3. The van der Waals surface area contributed by atoms with Crippen LogP contribution in [0.15, 0.2) is 78.5 Å². The molecule has 0 saturated carbocycles. The molecular weight excluding hydrogens is 350 g/mol. The molecule has 0 spiro atoms. The van der Waals surface area contributed by atoms with E-state index < -0.39 is 0 Å². The monoisotopic (exact) mass is 365 g/mol. The van der Waals surface area contributed by atoms with E-state index in [1.807, 2.05) is 42.7 Å². The lowest BCUT2D eigenvalue weighted by Gasteiger charge is -2.12. The molecule has 0 aliphatic carbocycles. The van der Waals surface area contributed by atoms with Crippen LogP contribution in [-0.2, 0) is 0 Å². The second-order valence-electron chi connectivity index (χ2n) is 6.44. The Hall–Kier alpha value is -3.93. The Morgan fingerprint density at radius 3 is 2.64 bits per heavy atom. The number of benzene rings is 2. The van der Waals surface area contributed by atoms with Crippen LogP contribution in [0.5, 0.6) is 0 Å². The summed E-state index contributed by atoms with van der Waals surface area (Å²) in [6, 6.07) is 11.8. The van der Waals surface area contributed by atoms with Gasteiger partial charge in [0.25, 0.3) is 5.91 Å². The number of hydrogen-bond donors (Lipinski definition) is 1. The van der Waals surface area contributed by atoms with Crippen molar-refractivity contribution in [1.82, 2.24) is 20.3 Å². The quantitative estimate of drug-likeness (QED) is 0.584. The Labute approximate surface area is 160 Å². The van der Waals surface area contributed by atoms with E-state index >= 15 is 0 Å². The third-order valence-electron chi connectivity index (χ3n) is 4.73. The Morgan fingerprint density at radius 2 is 1.79 bits per heavy atom. The number of carbonyl (C=O) groups is 1. The second-order valence-corrected chi connectivity index (χ2v) is 6.44. The van der Waals surface area contributed by atoms with Gasteiger partial charge in [0.05, 0.1) is 11.1 Å². The van der Waals surface area contributed by atoms with Gasteiger partial charge in [-0.15, -0.1) is 0 Å². The lowest BCUT2D eigenvalue weighted by molar-refractivity contribution is 0.0978. The smallest absolute Gasteiger partial charge is 0.258 e. The van der Waals surface area contributed by atoms with E-state index in [1.165, 1.54) is 0 Å².